The average Bonchev–Trinajstić information content (AvgIpc) is 3.35. The number of rotatable bonds is 57. The van der Waals surface area contributed by atoms with Gasteiger partial charge in [0.2, 0.25) is 0 Å². The monoisotopic (exact) mass is 1120 g/mol. The molecule has 0 saturated carbocycles. The number of aliphatic hydroxyl groups is 2. The molecule has 0 aromatic rings. The van der Waals surface area contributed by atoms with Crippen molar-refractivity contribution in [2.75, 3.05) is 52.7 Å². The fourth-order valence-corrected chi connectivity index (χ4v) is 11.6. The molecular weight excluding hydrogens is 986 g/mol. The van der Waals surface area contributed by atoms with Gasteiger partial charge in [0, 0.05) is 32.5 Å². The van der Waals surface area contributed by atoms with E-state index < -0.39 is 7.82 Å². The summed E-state index contributed by atoms with van der Waals surface area (Å²) in [4.78, 5) is 28.2. The number of carbonyl (C=O) groups is 2. The summed E-state index contributed by atoms with van der Waals surface area (Å²) in [7, 11) is -3.82. The maximum absolute atomic E-state index is 13.9. The van der Waals surface area contributed by atoms with Crippen LogP contribution in [-0.2, 0) is 37.2 Å². The summed E-state index contributed by atoms with van der Waals surface area (Å²) >= 11 is 0. The number of carbonyl (C=O) groups excluding carboxylic acids is 2. The first-order chi connectivity index (χ1) is 36.8. The van der Waals surface area contributed by atoms with E-state index in [9.17, 15) is 24.4 Å². The lowest BCUT2D eigenvalue weighted by atomic mass is 9.91. The molecule has 0 spiro atoms. The van der Waals surface area contributed by atoms with E-state index >= 15 is 0 Å². The van der Waals surface area contributed by atoms with Gasteiger partial charge in [-0.15, -0.1) is 0 Å². The third-order valence-electron chi connectivity index (χ3n) is 15.7. The van der Waals surface area contributed by atoms with Crippen molar-refractivity contribution in [2.45, 2.75) is 307 Å². The van der Waals surface area contributed by atoms with Crippen molar-refractivity contribution in [1.82, 2.24) is 4.90 Å². The number of unbranched alkanes of at least 4 members (excludes halogenated alkanes) is 8. The molecular formula is C65H130NO10P. The summed E-state index contributed by atoms with van der Waals surface area (Å²) in [5.41, 5.74) is 0. The number of nitrogens with zero attached hydrogens (tertiary/aromatic N) is 1. The Hall–Kier alpha value is -1.07. The van der Waals surface area contributed by atoms with Crippen molar-refractivity contribution in [3.8, 4) is 0 Å². The highest BCUT2D eigenvalue weighted by molar-refractivity contribution is 7.48. The molecule has 77 heavy (non-hydrogen) atoms. The lowest BCUT2D eigenvalue weighted by molar-refractivity contribution is -0.151. The van der Waals surface area contributed by atoms with Gasteiger partial charge in [0.1, 0.15) is 12.2 Å². The SMILES string of the molecule is CC(C)CCCC(C)CCC(CCC(C)CCCC(C)C)OC(=O)CCCCCCCOP(=O)(OCCCCCCCC(=O)OC(CCC(C)CCCC(C)C)CCC(C)CCCC(C)C)OCCCN(CCO)CCO. The molecule has 0 aromatic carbocycles. The van der Waals surface area contributed by atoms with Gasteiger partial charge in [-0.05, 0) is 131 Å². The van der Waals surface area contributed by atoms with Gasteiger partial charge in [0.25, 0.3) is 0 Å². The molecule has 0 aliphatic heterocycles. The summed E-state index contributed by atoms with van der Waals surface area (Å²) in [5, 5.41) is 18.8. The maximum atomic E-state index is 13.9. The Morgan fingerprint density at radius 1 is 0.351 bits per heavy atom. The zero-order chi connectivity index (χ0) is 57.5. The van der Waals surface area contributed by atoms with E-state index in [0.717, 1.165) is 126 Å². The smallest absolute Gasteiger partial charge is 0.462 e. The zero-order valence-corrected chi connectivity index (χ0v) is 53.7. The van der Waals surface area contributed by atoms with Gasteiger partial charge in [-0.1, -0.05) is 199 Å². The second kappa shape index (κ2) is 50.6. The second-order valence-corrected chi connectivity index (χ2v) is 27.5. The van der Waals surface area contributed by atoms with Crippen LogP contribution in [0.1, 0.15) is 295 Å². The number of ether oxygens (including phenoxy) is 2. The fraction of sp³-hybridized carbons (Fsp3) is 0.969. The first-order valence-corrected chi connectivity index (χ1v) is 34.1. The van der Waals surface area contributed by atoms with Crippen LogP contribution in [0.5, 0.6) is 0 Å². The largest absolute Gasteiger partial charge is 0.474 e. The van der Waals surface area contributed by atoms with Crippen LogP contribution in [0.2, 0.25) is 0 Å². The molecule has 4 unspecified atom stereocenters. The van der Waals surface area contributed by atoms with E-state index in [1.165, 1.54) is 77.0 Å². The van der Waals surface area contributed by atoms with Crippen LogP contribution in [-0.4, -0.2) is 91.9 Å². The quantitative estimate of drug-likeness (QED) is 0.0342. The number of aliphatic hydroxyl groups excluding tert-OH is 2. The predicted molar refractivity (Wildman–Crippen MR) is 324 cm³/mol. The molecule has 0 radical (unpaired) electrons. The maximum Gasteiger partial charge on any atom is 0.474 e. The minimum atomic E-state index is -3.82. The van der Waals surface area contributed by atoms with Crippen LogP contribution in [0.25, 0.3) is 0 Å². The van der Waals surface area contributed by atoms with Gasteiger partial charge in [-0.25, -0.2) is 4.57 Å². The summed E-state index contributed by atoms with van der Waals surface area (Å²) < 4.78 is 43.8. The number of esters is 2. The number of hydrogen-bond acceptors (Lipinski definition) is 11. The normalized spacial score (nSPS) is 15.4. The molecule has 460 valence electrons. The zero-order valence-electron chi connectivity index (χ0n) is 52.8. The Morgan fingerprint density at radius 3 is 0.935 bits per heavy atom. The predicted octanol–water partition coefficient (Wildman–Crippen LogP) is 18.3. The van der Waals surface area contributed by atoms with E-state index in [-0.39, 0.29) is 57.2 Å². The van der Waals surface area contributed by atoms with Gasteiger partial charge in [0.05, 0.1) is 33.0 Å². The van der Waals surface area contributed by atoms with Crippen LogP contribution < -0.4 is 0 Å². The van der Waals surface area contributed by atoms with Crippen molar-refractivity contribution in [2.24, 2.45) is 47.3 Å². The second-order valence-electron chi connectivity index (χ2n) is 25.9. The molecule has 0 saturated heterocycles. The molecule has 0 fully saturated rings. The van der Waals surface area contributed by atoms with Crippen molar-refractivity contribution >= 4 is 19.8 Å². The van der Waals surface area contributed by atoms with Crippen molar-refractivity contribution in [3.63, 3.8) is 0 Å². The average molecular weight is 1120 g/mol. The van der Waals surface area contributed by atoms with E-state index in [0.29, 0.717) is 75.4 Å². The van der Waals surface area contributed by atoms with Gasteiger partial charge >= 0.3 is 19.8 Å². The van der Waals surface area contributed by atoms with E-state index in [1.54, 1.807) is 0 Å². The van der Waals surface area contributed by atoms with Crippen LogP contribution >= 0.6 is 7.82 Å². The molecule has 12 heteroatoms. The van der Waals surface area contributed by atoms with Crippen molar-refractivity contribution in [3.05, 3.63) is 0 Å². The highest BCUT2D eigenvalue weighted by atomic mass is 31.2. The van der Waals surface area contributed by atoms with Crippen molar-refractivity contribution in [1.29, 1.82) is 0 Å². The first-order valence-electron chi connectivity index (χ1n) is 32.6. The van der Waals surface area contributed by atoms with Crippen LogP contribution in [0.15, 0.2) is 0 Å². The lowest BCUT2D eigenvalue weighted by Gasteiger charge is -2.22. The van der Waals surface area contributed by atoms with E-state index in [1.807, 2.05) is 4.90 Å². The molecule has 0 aliphatic carbocycles. The van der Waals surface area contributed by atoms with E-state index in [4.69, 9.17) is 23.0 Å². The van der Waals surface area contributed by atoms with Crippen LogP contribution in [0, 0.1) is 47.3 Å². The molecule has 0 rings (SSSR count). The highest BCUT2D eigenvalue weighted by Crippen LogP contribution is 2.50. The Balaban J connectivity index is 5.02. The molecule has 4 atom stereocenters. The summed E-state index contributed by atoms with van der Waals surface area (Å²) in [6.07, 6.45) is 33.2. The molecule has 11 nitrogen and oxygen atoms in total. The Labute approximate surface area is 477 Å². The molecule has 0 amide bonds. The molecule has 2 N–H and O–H groups in total. The topological polar surface area (TPSA) is 141 Å². The highest BCUT2D eigenvalue weighted by Gasteiger charge is 2.27. The fourth-order valence-electron chi connectivity index (χ4n) is 10.3. The number of phosphoric acid groups is 1. The Kier molecular flexibility index (Phi) is 49.9. The summed E-state index contributed by atoms with van der Waals surface area (Å²) in [5.74, 6) is 5.40. The van der Waals surface area contributed by atoms with E-state index in [2.05, 4.69) is 83.1 Å². The van der Waals surface area contributed by atoms with Gasteiger partial charge in [0.15, 0.2) is 0 Å². The third-order valence-corrected chi connectivity index (χ3v) is 17.2. The Morgan fingerprint density at radius 2 is 0.636 bits per heavy atom. The van der Waals surface area contributed by atoms with Crippen LogP contribution in [0.3, 0.4) is 0 Å². The summed E-state index contributed by atoms with van der Waals surface area (Å²) in [6.45, 7) is 29.9. The number of phosphoric ester groups is 1. The minimum absolute atomic E-state index is 0.00161. The third kappa shape index (κ3) is 50.4. The Bertz CT molecular complexity index is 1240. The minimum Gasteiger partial charge on any atom is -0.462 e. The lowest BCUT2D eigenvalue weighted by Crippen LogP contribution is -2.31. The summed E-state index contributed by atoms with van der Waals surface area (Å²) in [6, 6.07) is 0. The van der Waals surface area contributed by atoms with Gasteiger partial charge in [-0.2, -0.15) is 0 Å². The molecule has 0 bridgehead atoms. The van der Waals surface area contributed by atoms with Crippen molar-refractivity contribution < 1.29 is 47.4 Å². The molecule has 0 aliphatic rings. The first kappa shape index (κ1) is 75.9. The van der Waals surface area contributed by atoms with Gasteiger partial charge in [-0.3, -0.25) is 28.1 Å². The number of hydrogen-bond donors (Lipinski definition) is 2. The standard InChI is InChI=1S/C65H130NO10P/c1-54(2)28-23-32-58(9)38-42-62(43-39-59(10)33-24-29-55(3)4)75-64(69)36-19-15-13-17-21-51-72-77(71,74-53-27-46-66(47-49-67)48-50-68)73-52-22-18-14-16-20-37-65(70)76-63(44-40-60(11)34-25-30-56(5)6)45-41-61(12)35-26-31-57(7)8/h54-63,67-68H,13-53H2,1-12H3. The molecule has 0 heterocycles. The van der Waals surface area contributed by atoms with Gasteiger partial charge < -0.3 is 19.7 Å². The van der Waals surface area contributed by atoms with Crippen LogP contribution in [0.4, 0.5) is 0 Å². The molecule has 0 aromatic heterocycles.